The van der Waals surface area contributed by atoms with E-state index >= 15 is 0 Å². The topological polar surface area (TPSA) is 84.4 Å². The number of hydrogen-bond donors (Lipinski definition) is 2. The van der Waals surface area contributed by atoms with Crippen LogP contribution in [-0.2, 0) is 4.79 Å². The third-order valence-corrected chi connectivity index (χ3v) is 2.65. The minimum absolute atomic E-state index is 0.0153. The van der Waals surface area contributed by atoms with Gasteiger partial charge in [0.2, 0.25) is 5.91 Å². The van der Waals surface area contributed by atoms with Crippen molar-refractivity contribution in [2.75, 3.05) is 19.6 Å². The van der Waals surface area contributed by atoms with Gasteiger partial charge in [-0.1, -0.05) is 0 Å². The highest BCUT2D eigenvalue weighted by Gasteiger charge is 2.34. The number of aliphatic hydroxyl groups is 1. The Morgan fingerprint density at radius 3 is 3.00 bits per heavy atom. The van der Waals surface area contributed by atoms with Crippen molar-refractivity contribution < 1.29 is 9.90 Å². The normalized spacial score (nSPS) is 25.9. The molecule has 1 aliphatic heterocycles. The lowest BCUT2D eigenvalue weighted by atomic mass is 10.2. The van der Waals surface area contributed by atoms with E-state index in [1.807, 2.05) is 0 Å². The Balaban J connectivity index is 2.08. The van der Waals surface area contributed by atoms with Crippen molar-refractivity contribution >= 4 is 5.91 Å². The molecule has 15 heavy (non-hydrogen) atoms. The number of β-amino-alcohol motifs (C(OH)–C–C–N with tert-alkyl or cyclic N) is 1. The number of carbonyl (C=O) groups is 1. The van der Waals surface area contributed by atoms with Gasteiger partial charge in [0, 0.05) is 25.5 Å². The van der Waals surface area contributed by atoms with Crippen molar-refractivity contribution in [3.63, 3.8) is 0 Å². The van der Waals surface area contributed by atoms with Crippen LogP contribution in [0.3, 0.4) is 0 Å². The van der Waals surface area contributed by atoms with E-state index in [4.69, 9.17) is 5.73 Å². The van der Waals surface area contributed by atoms with E-state index in [0.717, 1.165) is 0 Å². The molecule has 1 saturated heterocycles. The molecule has 0 aromatic carbocycles. The average Bonchev–Trinajstić information content (AvgIpc) is 2.84. The van der Waals surface area contributed by atoms with Crippen molar-refractivity contribution in [3.8, 4) is 0 Å². The third-order valence-electron chi connectivity index (χ3n) is 2.65. The maximum absolute atomic E-state index is 11.3. The lowest BCUT2D eigenvalue weighted by molar-refractivity contribution is -0.129. The molecule has 82 valence electrons. The second-order valence-corrected chi connectivity index (χ2v) is 3.62. The highest BCUT2D eigenvalue weighted by Crippen LogP contribution is 2.20. The molecule has 0 aliphatic carbocycles. The molecule has 0 spiro atoms. The minimum Gasteiger partial charge on any atom is -0.389 e. The fourth-order valence-corrected chi connectivity index (χ4v) is 1.84. The van der Waals surface area contributed by atoms with E-state index in [1.165, 1.54) is 0 Å². The molecule has 3 N–H and O–H groups in total. The Kier molecular flexibility index (Phi) is 2.70. The summed E-state index contributed by atoms with van der Waals surface area (Å²) in [6.07, 6.45) is 2.87. The molecule has 2 atom stereocenters. The molecule has 2 unspecified atom stereocenters. The van der Waals surface area contributed by atoms with Crippen LogP contribution in [0.5, 0.6) is 0 Å². The number of nitrogens with zero attached hydrogens (tertiary/aromatic N) is 3. The van der Waals surface area contributed by atoms with Crippen LogP contribution in [0.1, 0.15) is 6.04 Å². The Labute approximate surface area is 87.3 Å². The van der Waals surface area contributed by atoms with Gasteiger partial charge in [-0.25, -0.2) is 0 Å². The van der Waals surface area contributed by atoms with Crippen molar-refractivity contribution in [2.24, 2.45) is 5.73 Å². The first-order valence-corrected chi connectivity index (χ1v) is 4.87. The van der Waals surface area contributed by atoms with Gasteiger partial charge in [-0.15, -0.1) is 0 Å². The van der Waals surface area contributed by atoms with Gasteiger partial charge in [-0.05, 0) is 6.07 Å². The maximum Gasteiger partial charge on any atom is 0.236 e. The fourth-order valence-electron chi connectivity index (χ4n) is 1.84. The summed E-state index contributed by atoms with van der Waals surface area (Å²) in [5.74, 6) is -0.135. The molecule has 0 radical (unpaired) electrons. The number of aromatic nitrogens is 2. The lowest BCUT2D eigenvalue weighted by Gasteiger charge is -2.14. The predicted octanol–water partition coefficient (Wildman–Crippen LogP) is -1.41. The number of likely N-dealkylation sites (tertiary alicyclic amines) is 1. The molecule has 6 nitrogen and oxygen atoms in total. The molecule has 2 rings (SSSR count). The zero-order chi connectivity index (χ0) is 10.8. The number of amides is 1. The van der Waals surface area contributed by atoms with Crippen LogP contribution in [0.25, 0.3) is 0 Å². The molecular weight excluding hydrogens is 196 g/mol. The average molecular weight is 210 g/mol. The number of aliphatic hydroxyl groups excluding tert-OH is 1. The number of nitrogens with two attached hydrogens (primary N) is 1. The van der Waals surface area contributed by atoms with Gasteiger partial charge in [0.15, 0.2) is 0 Å². The zero-order valence-electron chi connectivity index (χ0n) is 8.28. The highest BCUT2D eigenvalue weighted by molar-refractivity contribution is 5.78. The molecule has 1 amide bonds. The Hall–Kier alpha value is -1.40. The summed E-state index contributed by atoms with van der Waals surface area (Å²) in [4.78, 5) is 12.9. The summed E-state index contributed by atoms with van der Waals surface area (Å²) in [6.45, 7) is 0.790. The van der Waals surface area contributed by atoms with E-state index in [-0.39, 0.29) is 18.5 Å². The number of carbonyl (C=O) groups excluding carboxylic acids is 1. The van der Waals surface area contributed by atoms with Gasteiger partial charge >= 0.3 is 0 Å². The van der Waals surface area contributed by atoms with Crippen LogP contribution in [-0.4, -0.2) is 51.4 Å². The molecule has 1 fully saturated rings. The van der Waals surface area contributed by atoms with Crippen LogP contribution in [0.4, 0.5) is 0 Å². The maximum atomic E-state index is 11.3. The van der Waals surface area contributed by atoms with Crippen molar-refractivity contribution in [1.82, 2.24) is 14.7 Å². The van der Waals surface area contributed by atoms with E-state index in [2.05, 4.69) is 5.10 Å². The number of hydrogen-bond acceptors (Lipinski definition) is 4. The SMILES string of the molecule is NCC(=O)N1CC(O)C(n2cccn2)C1. The van der Waals surface area contributed by atoms with Gasteiger partial charge in [-0.3, -0.25) is 9.48 Å². The van der Waals surface area contributed by atoms with Crippen LogP contribution in [0, 0.1) is 0 Å². The molecule has 1 aromatic heterocycles. The van der Waals surface area contributed by atoms with E-state index in [0.29, 0.717) is 13.1 Å². The lowest BCUT2D eigenvalue weighted by Crippen LogP contribution is -2.34. The van der Waals surface area contributed by atoms with Crippen molar-refractivity contribution in [3.05, 3.63) is 18.5 Å². The summed E-state index contributed by atoms with van der Waals surface area (Å²) in [7, 11) is 0. The largest absolute Gasteiger partial charge is 0.389 e. The minimum atomic E-state index is -0.569. The molecule has 0 bridgehead atoms. The summed E-state index contributed by atoms with van der Waals surface area (Å²) in [5, 5.41) is 13.8. The molecule has 1 aliphatic rings. The second-order valence-electron chi connectivity index (χ2n) is 3.62. The second kappa shape index (κ2) is 4.00. The van der Waals surface area contributed by atoms with Gasteiger partial charge in [0.1, 0.15) is 0 Å². The Morgan fingerprint density at radius 1 is 1.60 bits per heavy atom. The summed E-state index contributed by atoms with van der Waals surface area (Å²) >= 11 is 0. The van der Waals surface area contributed by atoms with Gasteiger partial charge in [0.25, 0.3) is 0 Å². The van der Waals surface area contributed by atoms with Crippen molar-refractivity contribution in [2.45, 2.75) is 12.1 Å². The van der Waals surface area contributed by atoms with E-state index < -0.39 is 6.10 Å². The zero-order valence-corrected chi connectivity index (χ0v) is 8.28. The molecule has 1 aromatic rings. The third kappa shape index (κ3) is 1.86. The molecule has 0 saturated carbocycles. The van der Waals surface area contributed by atoms with Gasteiger partial charge in [-0.2, -0.15) is 5.10 Å². The van der Waals surface area contributed by atoms with Crippen LogP contribution >= 0.6 is 0 Å². The quantitative estimate of drug-likeness (QED) is 0.628. The van der Waals surface area contributed by atoms with Gasteiger partial charge < -0.3 is 15.7 Å². The fraction of sp³-hybridized carbons (Fsp3) is 0.556. The van der Waals surface area contributed by atoms with Crippen LogP contribution in [0.15, 0.2) is 18.5 Å². The summed E-state index contributed by atoms with van der Waals surface area (Å²) in [5.41, 5.74) is 5.27. The first kappa shape index (κ1) is 10.1. The highest BCUT2D eigenvalue weighted by atomic mass is 16.3. The van der Waals surface area contributed by atoms with Crippen LogP contribution < -0.4 is 5.73 Å². The monoisotopic (exact) mass is 210 g/mol. The summed E-state index contributed by atoms with van der Waals surface area (Å²) < 4.78 is 1.68. The van der Waals surface area contributed by atoms with Crippen LogP contribution in [0.2, 0.25) is 0 Å². The smallest absolute Gasteiger partial charge is 0.236 e. The first-order chi connectivity index (χ1) is 7.22. The van der Waals surface area contributed by atoms with E-state index in [1.54, 1.807) is 28.0 Å². The van der Waals surface area contributed by atoms with Crippen molar-refractivity contribution in [1.29, 1.82) is 0 Å². The Bertz CT molecular complexity index is 338. The van der Waals surface area contributed by atoms with E-state index in [9.17, 15) is 9.90 Å². The molecule has 6 heteroatoms. The molecular formula is C9H14N4O2. The first-order valence-electron chi connectivity index (χ1n) is 4.87. The Morgan fingerprint density at radius 2 is 2.40 bits per heavy atom. The number of rotatable bonds is 2. The predicted molar refractivity (Wildman–Crippen MR) is 52.9 cm³/mol. The van der Waals surface area contributed by atoms with Gasteiger partial charge in [0.05, 0.1) is 18.7 Å². The summed E-state index contributed by atoms with van der Waals surface area (Å²) in [6, 6.07) is 1.63. The molecule has 2 heterocycles. The standard InChI is InChI=1S/C9H14N4O2/c10-4-9(15)12-5-7(8(14)6-12)13-3-1-2-11-13/h1-3,7-8,14H,4-6,10H2.